The Balaban J connectivity index is 2.92. The van der Waals surface area contributed by atoms with Gasteiger partial charge in [0.15, 0.2) is 5.69 Å². The number of aliphatic hydroxyl groups excluding tert-OH is 1. The molecule has 0 aliphatic rings. The number of hydrogen-bond acceptors (Lipinski definition) is 5. The number of aromatic carboxylic acids is 1. The molecular formula is C11H19N3O4. The third-order valence-corrected chi connectivity index (χ3v) is 2.73. The Bertz CT molecular complexity index is 392. The van der Waals surface area contributed by atoms with E-state index in [4.69, 9.17) is 14.9 Å². The molecule has 1 aromatic rings. The minimum atomic E-state index is -1.08. The minimum Gasteiger partial charge on any atom is -0.476 e. The lowest BCUT2D eigenvalue weighted by Crippen LogP contribution is -2.14. The Morgan fingerprint density at radius 3 is 2.83 bits per heavy atom. The summed E-state index contributed by atoms with van der Waals surface area (Å²) in [7, 11) is 1.56. The fourth-order valence-electron chi connectivity index (χ4n) is 1.77. The fourth-order valence-corrected chi connectivity index (χ4v) is 1.77. The summed E-state index contributed by atoms with van der Waals surface area (Å²) in [5.41, 5.74) is 0.540. The Hall–Kier alpha value is -1.47. The molecule has 0 aliphatic carbocycles. The minimum absolute atomic E-state index is 0.00426. The van der Waals surface area contributed by atoms with Gasteiger partial charge in [0.25, 0.3) is 0 Å². The highest BCUT2D eigenvalue weighted by Gasteiger charge is 2.21. The molecule has 1 unspecified atom stereocenters. The number of aliphatic hydroxyl groups is 1. The number of ether oxygens (including phenoxy) is 1. The molecule has 0 aliphatic heterocycles. The van der Waals surface area contributed by atoms with Gasteiger partial charge >= 0.3 is 5.97 Å². The molecule has 0 bridgehead atoms. The SMILES string of the molecule is COCCc1c(C(=O)O)nnn1C(C)CCCO. The second-order valence-corrected chi connectivity index (χ2v) is 4.09. The van der Waals surface area contributed by atoms with Gasteiger partial charge in [-0.1, -0.05) is 5.21 Å². The molecule has 1 rings (SSSR count). The average Bonchev–Trinajstić information content (AvgIpc) is 2.77. The zero-order valence-electron chi connectivity index (χ0n) is 10.7. The van der Waals surface area contributed by atoms with Crippen molar-refractivity contribution in [1.29, 1.82) is 0 Å². The zero-order valence-corrected chi connectivity index (χ0v) is 10.7. The maximum absolute atomic E-state index is 11.0. The lowest BCUT2D eigenvalue weighted by Gasteiger charge is -2.14. The Labute approximate surface area is 105 Å². The highest BCUT2D eigenvalue weighted by atomic mass is 16.5. The lowest BCUT2D eigenvalue weighted by molar-refractivity contribution is 0.0688. The first-order chi connectivity index (χ1) is 8.61. The molecule has 0 saturated heterocycles. The number of nitrogens with zero attached hydrogens (tertiary/aromatic N) is 3. The molecule has 0 amide bonds. The topological polar surface area (TPSA) is 97.5 Å². The van der Waals surface area contributed by atoms with E-state index in [0.717, 1.165) is 6.42 Å². The Kier molecular flexibility index (Phi) is 5.73. The van der Waals surface area contributed by atoms with Crippen LogP contribution in [0.4, 0.5) is 0 Å². The molecule has 102 valence electrons. The largest absolute Gasteiger partial charge is 0.476 e. The van der Waals surface area contributed by atoms with Crippen molar-refractivity contribution in [3.8, 4) is 0 Å². The monoisotopic (exact) mass is 257 g/mol. The Morgan fingerprint density at radius 1 is 1.56 bits per heavy atom. The molecule has 1 heterocycles. The van der Waals surface area contributed by atoms with Gasteiger partial charge in [-0.05, 0) is 19.8 Å². The molecule has 0 spiro atoms. The van der Waals surface area contributed by atoms with Gasteiger partial charge in [-0.2, -0.15) is 0 Å². The van der Waals surface area contributed by atoms with Crippen LogP contribution in [-0.2, 0) is 11.2 Å². The predicted molar refractivity (Wildman–Crippen MR) is 63.6 cm³/mol. The van der Waals surface area contributed by atoms with Gasteiger partial charge in [-0.25, -0.2) is 9.48 Å². The van der Waals surface area contributed by atoms with Crippen LogP contribution in [0.15, 0.2) is 0 Å². The molecule has 7 nitrogen and oxygen atoms in total. The van der Waals surface area contributed by atoms with Gasteiger partial charge < -0.3 is 14.9 Å². The van der Waals surface area contributed by atoms with Crippen LogP contribution in [0.25, 0.3) is 0 Å². The number of hydrogen-bond donors (Lipinski definition) is 2. The smallest absolute Gasteiger partial charge is 0.358 e. The molecule has 0 radical (unpaired) electrons. The average molecular weight is 257 g/mol. The van der Waals surface area contributed by atoms with Crippen LogP contribution in [0.1, 0.15) is 42.0 Å². The molecule has 0 fully saturated rings. The molecular weight excluding hydrogens is 238 g/mol. The first-order valence-electron chi connectivity index (χ1n) is 5.89. The maximum Gasteiger partial charge on any atom is 0.358 e. The first kappa shape index (κ1) is 14.6. The molecule has 0 aromatic carbocycles. The van der Waals surface area contributed by atoms with E-state index in [0.29, 0.717) is 25.1 Å². The summed E-state index contributed by atoms with van der Waals surface area (Å²) < 4.78 is 6.57. The highest BCUT2D eigenvalue weighted by molar-refractivity contribution is 5.86. The van der Waals surface area contributed by atoms with Gasteiger partial charge in [0.1, 0.15) is 0 Å². The fraction of sp³-hybridized carbons (Fsp3) is 0.727. The van der Waals surface area contributed by atoms with Gasteiger partial charge in [0.05, 0.1) is 18.3 Å². The normalized spacial score (nSPS) is 12.6. The third kappa shape index (κ3) is 3.51. The summed E-state index contributed by atoms with van der Waals surface area (Å²) in [5, 5.41) is 25.4. The standard InChI is InChI=1S/C11H19N3O4/c1-8(4-3-6-15)14-9(5-7-18-2)10(11(16)17)12-13-14/h8,15H,3-7H2,1-2H3,(H,16,17). The summed E-state index contributed by atoms with van der Waals surface area (Å²) in [6.45, 7) is 2.45. The van der Waals surface area contributed by atoms with Crippen LogP contribution in [0.3, 0.4) is 0 Å². The summed E-state index contributed by atoms with van der Waals surface area (Å²) in [5.74, 6) is -1.08. The first-order valence-corrected chi connectivity index (χ1v) is 5.89. The second-order valence-electron chi connectivity index (χ2n) is 4.09. The third-order valence-electron chi connectivity index (χ3n) is 2.73. The number of methoxy groups -OCH3 is 1. The van der Waals surface area contributed by atoms with Crippen molar-refractivity contribution in [1.82, 2.24) is 15.0 Å². The van der Waals surface area contributed by atoms with Gasteiger partial charge in [-0.3, -0.25) is 0 Å². The molecule has 0 saturated carbocycles. The van der Waals surface area contributed by atoms with E-state index in [1.807, 2.05) is 6.92 Å². The number of carbonyl (C=O) groups is 1. The molecule has 18 heavy (non-hydrogen) atoms. The van der Waals surface area contributed by atoms with E-state index in [2.05, 4.69) is 10.3 Å². The van der Waals surface area contributed by atoms with Crippen LogP contribution < -0.4 is 0 Å². The van der Waals surface area contributed by atoms with Crippen molar-refractivity contribution >= 4 is 5.97 Å². The van der Waals surface area contributed by atoms with Gasteiger partial charge in [0.2, 0.25) is 0 Å². The molecule has 7 heteroatoms. The Morgan fingerprint density at radius 2 is 2.28 bits per heavy atom. The maximum atomic E-state index is 11.0. The van der Waals surface area contributed by atoms with Crippen molar-refractivity contribution < 1.29 is 19.7 Å². The summed E-state index contributed by atoms with van der Waals surface area (Å²) in [6, 6.07) is 0.00426. The van der Waals surface area contributed by atoms with Crippen molar-refractivity contribution in [2.45, 2.75) is 32.2 Å². The van der Waals surface area contributed by atoms with Crippen LogP contribution in [-0.4, -0.2) is 51.5 Å². The van der Waals surface area contributed by atoms with Crippen LogP contribution >= 0.6 is 0 Å². The summed E-state index contributed by atoms with van der Waals surface area (Å²) in [4.78, 5) is 11.0. The van der Waals surface area contributed by atoms with Crippen LogP contribution in [0.2, 0.25) is 0 Å². The van der Waals surface area contributed by atoms with Crippen molar-refractivity contribution in [3.63, 3.8) is 0 Å². The number of carboxylic acid groups (broad SMARTS) is 1. The number of rotatable bonds is 8. The van der Waals surface area contributed by atoms with E-state index in [1.165, 1.54) is 0 Å². The predicted octanol–water partition coefficient (Wildman–Crippen LogP) is 0.499. The van der Waals surface area contributed by atoms with Gasteiger partial charge in [-0.15, -0.1) is 5.10 Å². The van der Waals surface area contributed by atoms with E-state index in [-0.39, 0.29) is 18.3 Å². The van der Waals surface area contributed by atoms with Crippen LogP contribution in [0.5, 0.6) is 0 Å². The summed E-state index contributed by atoms with van der Waals surface area (Å²) in [6.07, 6.45) is 1.82. The quantitative estimate of drug-likeness (QED) is 0.703. The molecule has 1 atom stereocenters. The molecule has 1 aromatic heterocycles. The zero-order chi connectivity index (χ0) is 13.5. The summed E-state index contributed by atoms with van der Waals surface area (Å²) >= 11 is 0. The number of aromatic nitrogens is 3. The highest BCUT2D eigenvalue weighted by Crippen LogP contribution is 2.17. The molecule has 2 N–H and O–H groups in total. The van der Waals surface area contributed by atoms with Crippen molar-refractivity contribution in [2.75, 3.05) is 20.3 Å². The van der Waals surface area contributed by atoms with Gasteiger partial charge in [0, 0.05) is 20.1 Å². The van der Waals surface area contributed by atoms with E-state index in [9.17, 15) is 4.79 Å². The van der Waals surface area contributed by atoms with E-state index < -0.39 is 5.97 Å². The van der Waals surface area contributed by atoms with Crippen molar-refractivity contribution in [2.24, 2.45) is 0 Å². The lowest BCUT2D eigenvalue weighted by atomic mass is 10.1. The van der Waals surface area contributed by atoms with E-state index >= 15 is 0 Å². The van der Waals surface area contributed by atoms with Crippen LogP contribution in [0, 0.1) is 0 Å². The second kappa shape index (κ2) is 7.07. The van der Waals surface area contributed by atoms with Crippen molar-refractivity contribution in [3.05, 3.63) is 11.4 Å². The van der Waals surface area contributed by atoms with E-state index in [1.54, 1.807) is 11.8 Å². The number of carboxylic acids is 1.